The first kappa shape index (κ1) is 23.9. The zero-order chi connectivity index (χ0) is 23.8. The number of hydrogen-bond donors (Lipinski definition) is 0. The van der Waals surface area contributed by atoms with E-state index >= 15 is 0 Å². The average Bonchev–Trinajstić information content (AvgIpc) is 3.60. The molecule has 8 heteroatoms. The van der Waals surface area contributed by atoms with Gasteiger partial charge in [-0.2, -0.15) is 61.9 Å². The minimum absolute atomic E-state index is 0. The Morgan fingerprint density at radius 2 is 1.75 bits per heavy atom. The first-order valence-electron chi connectivity index (χ1n) is 11.2. The molecule has 0 spiro atoms. The predicted molar refractivity (Wildman–Crippen MR) is 138 cm³/mol. The Hall–Kier alpha value is -3.87. The van der Waals surface area contributed by atoms with Crippen molar-refractivity contribution in [2.45, 2.75) is 0 Å². The molecule has 0 amide bonds. The van der Waals surface area contributed by atoms with Crippen LogP contribution in [0.3, 0.4) is 0 Å². The molecule has 0 saturated heterocycles. The van der Waals surface area contributed by atoms with Gasteiger partial charge in [0, 0.05) is 31.1 Å². The molecular weight excluding hydrogens is 629 g/mol. The Morgan fingerprint density at radius 3 is 2.56 bits per heavy atom. The van der Waals surface area contributed by atoms with Gasteiger partial charge >= 0.3 is 0 Å². The molecule has 0 N–H and O–H groups in total. The van der Waals surface area contributed by atoms with Gasteiger partial charge in [-0.25, -0.2) is 9.97 Å². The smallest absolute Gasteiger partial charge is 0.125 e. The molecule has 0 unspecified atom stereocenters. The molecule has 0 aliphatic carbocycles. The fraction of sp³-hybridized carbons (Fsp3) is 0.0714. The van der Waals surface area contributed by atoms with Gasteiger partial charge in [-0.15, -0.1) is 5.69 Å². The summed E-state index contributed by atoms with van der Waals surface area (Å²) in [7, 11) is 3.96. The second-order valence-electron chi connectivity index (χ2n) is 8.23. The molecule has 7 nitrogen and oxygen atoms in total. The monoisotopic (exact) mass is 651 g/mol. The molecule has 0 fully saturated rings. The van der Waals surface area contributed by atoms with E-state index in [4.69, 9.17) is 4.42 Å². The Balaban J connectivity index is 0.000000146. The summed E-state index contributed by atoms with van der Waals surface area (Å²) in [5.74, 6) is 0.909. The van der Waals surface area contributed by atoms with Crippen LogP contribution in [0.2, 0.25) is 0 Å². The van der Waals surface area contributed by atoms with Gasteiger partial charge < -0.3 is 24.0 Å². The summed E-state index contributed by atoms with van der Waals surface area (Å²) in [6.07, 6.45) is 7.36. The summed E-state index contributed by atoms with van der Waals surface area (Å²) in [6.45, 7) is 3.98. The first-order chi connectivity index (χ1) is 17.2. The van der Waals surface area contributed by atoms with Crippen LogP contribution in [0.25, 0.3) is 21.9 Å². The number of nitrogens with zero attached hydrogens (tertiary/aromatic N) is 6. The van der Waals surface area contributed by atoms with Crippen molar-refractivity contribution in [1.29, 1.82) is 0 Å². The maximum atomic E-state index is 5.99. The standard InChI is InChI=1S/C16H12N2O.C12H10N4.Ir/c1-17-9-10-18(11-17)14-7-4-6-13-12-5-2-3-8-15(12)19-16(13)14;1-15-9-16(10-5-3-2-4-6-10)11-7-13-8-14-12(11)15;/h2-6,8-11H,1H3;2-5,7-9H,1H3;/q2*-2;. The molecule has 3 aromatic carbocycles. The fourth-order valence-electron chi connectivity index (χ4n) is 4.22. The van der Waals surface area contributed by atoms with Crippen molar-refractivity contribution in [2.24, 2.45) is 0 Å². The van der Waals surface area contributed by atoms with Gasteiger partial charge in [0.2, 0.25) is 0 Å². The van der Waals surface area contributed by atoms with Crippen LogP contribution in [-0.4, -0.2) is 29.0 Å². The number of benzene rings is 3. The van der Waals surface area contributed by atoms with Crippen LogP contribution in [-0.2, 0) is 20.1 Å². The molecule has 5 aromatic rings. The largest absolute Gasteiger partial charge is 0.514 e. The van der Waals surface area contributed by atoms with Gasteiger partial charge in [0.25, 0.3) is 0 Å². The van der Waals surface area contributed by atoms with Gasteiger partial charge in [-0.05, 0) is 32.6 Å². The van der Waals surface area contributed by atoms with E-state index < -0.39 is 0 Å². The van der Waals surface area contributed by atoms with Crippen molar-refractivity contribution in [3.8, 4) is 0 Å². The normalized spacial score (nSPS) is 14.2. The number of fused-ring (bicyclic) bond motifs is 4. The molecular formula is C28H22IrN6O-4. The third-order valence-electron chi connectivity index (χ3n) is 5.85. The third kappa shape index (κ3) is 4.30. The summed E-state index contributed by atoms with van der Waals surface area (Å²) >= 11 is 0. The van der Waals surface area contributed by atoms with Crippen LogP contribution in [0.15, 0.2) is 90.0 Å². The van der Waals surface area contributed by atoms with Crippen molar-refractivity contribution in [3.05, 3.63) is 111 Å². The summed E-state index contributed by atoms with van der Waals surface area (Å²) in [4.78, 5) is 16.3. The summed E-state index contributed by atoms with van der Waals surface area (Å²) in [5.41, 5.74) is 4.69. The Morgan fingerprint density at radius 1 is 0.889 bits per heavy atom. The van der Waals surface area contributed by atoms with Crippen molar-refractivity contribution in [2.75, 3.05) is 28.8 Å². The van der Waals surface area contributed by atoms with Crippen LogP contribution in [0, 0.1) is 25.5 Å². The molecule has 2 aliphatic heterocycles. The molecule has 183 valence electrons. The van der Waals surface area contributed by atoms with Gasteiger partial charge in [-0.1, -0.05) is 29.3 Å². The molecule has 4 heterocycles. The number of para-hydroxylation sites is 2. The van der Waals surface area contributed by atoms with E-state index in [-0.39, 0.29) is 20.1 Å². The Bertz CT molecular complexity index is 1520. The van der Waals surface area contributed by atoms with Crippen molar-refractivity contribution in [1.82, 2.24) is 14.9 Å². The zero-order valence-corrected chi connectivity index (χ0v) is 22.1. The Kier molecular flexibility index (Phi) is 6.63. The van der Waals surface area contributed by atoms with Gasteiger partial charge in [-0.3, -0.25) is 0 Å². The first-order valence-corrected chi connectivity index (χ1v) is 11.2. The fourth-order valence-corrected chi connectivity index (χ4v) is 4.22. The van der Waals surface area contributed by atoms with E-state index in [1.807, 2.05) is 120 Å². The minimum Gasteiger partial charge on any atom is -0.514 e. The second-order valence-corrected chi connectivity index (χ2v) is 8.23. The molecule has 0 bridgehead atoms. The molecule has 7 rings (SSSR count). The van der Waals surface area contributed by atoms with Crippen molar-refractivity contribution < 1.29 is 24.5 Å². The van der Waals surface area contributed by atoms with E-state index in [1.165, 1.54) is 0 Å². The maximum absolute atomic E-state index is 5.99. The number of anilines is 4. The number of furan rings is 1. The molecule has 36 heavy (non-hydrogen) atoms. The summed E-state index contributed by atoms with van der Waals surface area (Å²) in [5, 5.41) is 2.27. The molecule has 2 aromatic heterocycles. The van der Waals surface area contributed by atoms with E-state index in [1.54, 1.807) is 6.33 Å². The molecule has 0 saturated carbocycles. The Labute approximate surface area is 223 Å². The van der Waals surface area contributed by atoms with Crippen LogP contribution < -0.4 is 14.7 Å². The van der Waals surface area contributed by atoms with E-state index in [0.29, 0.717) is 0 Å². The quantitative estimate of drug-likeness (QED) is 0.227. The second kappa shape index (κ2) is 10.0. The van der Waals surface area contributed by atoms with Gasteiger partial charge in [0.15, 0.2) is 0 Å². The van der Waals surface area contributed by atoms with Crippen LogP contribution in [0.1, 0.15) is 0 Å². The SMILES string of the molecule is CN1C=CN(c2[c-]ccc3c2oc2ccccc23)[CH-]1.CN1[CH-]N(c2[c-]cccc2)c2cncnc21.[Ir]. The minimum atomic E-state index is 0. The zero-order valence-electron chi connectivity index (χ0n) is 19.7. The van der Waals surface area contributed by atoms with E-state index in [0.717, 1.165) is 44.8 Å². The van der Waals surface area contributed by atoms with Gasteiger partial charge in [0.05, 0.1) is 11.9 Å². The molecule has 2 aliphatic rings. The van der Waals surface area contributed by atoms with Crippen LogP contribution in [0.4, 0.5) is 22.9 Å². The molecule has 0 atom stereocenters. The van der Waals surface area contributed by atoms with Crippen molar-refractivity contribution in [3.63, 3.8) is 0 Å². The number of rotatable bonds is 2. The number of aromatic nitrogens is 2. The summed E-state index contributed by atoms with van der Waals surface area (Å²) in [6, 6.07) is 26.4. The van der Waals surface area contributed by atoms with Crippen molar-refractivity contribution >= 4 is 44.8 Å². The predicted octanol–water partition coefficient (Wildman–Crippen LogP) is 5.71. The van der Waals surface area contributed by atoms with E-state index in [2.05, 4.69) is 28.2 Å². The molecule has 1 radical (unpaired) electrons. The third-order valence-corrected chi connectivity index (χ3v) is 5.85. The van der Waals surface area contributed by atoms with Crippen LogP contribution >= 0.6 is 0 Å². The summed E-state index contributed by atoms with van der Waals surface area (Å²) < 4.78 is 5.99. The van der Waals surface area contributed by atoms with E-state index in [9.17, 15) is 0 Å². The topological polar surface area (TPSA) is 51.9 Å². The van der Waals surface area contributed by atoms with Gasteiger partial charge in [0.1, 0.15) is 17.7 Å². The maximum Gasteiger partial charge on any atom is 0.125 e. The average molecular weight is 651 g/mol. The number of hydrogen-bond acceptors (Lipinski definition) is 7. The van der Waals surface area contributed by atoms with Crippen LogP contribution in [0.5, 0.6) is 0 Å².